The van der Waals surface area contributed by atoms with Crippen molar-refractivity contribution >= 4 is 27.5 Å². The molecule has 5 heteroatoms. The monoisotopic (exact) mass is 264 g/mol. The lowest BCUT2D eigenvalue weighted by Crippen LogP contribution is -2.21. The molecule has 1 aromatic rings. The standard InChI is InChI=1S/C8H10BrClN2O/c1-8(2,3)5-4(9)6(13)12-7(10)11-5/h1-3H3,(H,11,12,13). The van der Waals surface area contributed by atoms with E-state index in [9.17, 15) is 4.79 Å². The summed E-state index contributed by atoms with van der Waals surface area (Å²) >= 11 is 8.83. The number of nitrogens with zero attached hydrogens (tertiary/aromatic N) is 1. The number of aromatic nitrogens is 2. The van der Waals surface area contributed by atoms with Crippen molar-refractivity contribution in [1.29, 1.82) is 0 Å². The normalized spacial score (nSPS) is 11.8. The zero-order chi connectivity index (χ0) is 10.2. The third-order valence-corrected chi connectivity index (χ3v) is 2.46. The molecule has 13 heavy (non-hydrogen) atoms. The predicted octanol–water partition coefficient (Wildman–Crippen LogP) is 2.48. The quantitative estimate of drug-likeness (QED) is 0.733. The Hall–Kier alpha value is -0.350. The summed E-state index contributed by atoms with van der Waals surface area (Å²) in [5.41, 5.74) is 0.225. The molecular formula is C8H10BrClN2O. The first kappa shape index (κ1) is 10.7. The van der Waals surface area contributed by atoms with Gasteiger partial charge in [-0.05, 0) is 27.5 Å². The second-order valence-corrected chi connectivity index (χ2v) is 4.92. The molecule has 0 atom stereocenters. The molecular weight excluding hydrogens is 255 g/mol. The fraction of sp³-hybridized carbons (Fsp3) is 0.500. The Morgan fingerprint density at radius 2 is 2.00 bits per heavy atom. The van der Waals surface area contributed by atoms with Gasteiger partial charge < -0.3 is 0 Å². The van der Waals surface area contributed by atoms with Crippen LogP contribution < -0.4 is 5.56 Å². The van der Waals surface area contributed by atoms with Crippen LogP contribution in [0, 0.1) is 0 Å². The smallest absolute Gasteiger partial charge is 0.266 e. The molecule has 72 valence electrons. The lowest BCUT2D eigenvalue weighted by atomic mass is 9.92. The van der Waals surface area contributed by atoms with Gasteiger partial charge in [0.1, 0.15) is 4.47 Å². The summed E-state index contributed by atoms with van der Waals surface area (Å²) in [6.07, 6.45) is 0. The molecule has 3 nitrogen and oxygen atoms in total. The molecule has 0 aliphatic carbocycles. The molecule has 0 spiro atoms. The number of H-pyrrole nitrogens is 1. The molecule has 0 aromatic carbocycles. The molecule has 0 bridgehead atoms. The molecule has 0 unspecified atom stereocenters. The highest BCUT2D eigenvalue weighted by Gasteiger charge is 2.21. The van der Waals surface area contributed by atoms with E-state index in [0.29, 0.717) is 10.2 Å². The van der Waals surface area contributed by atoms with Gasteiger partial charge in [0.2, 0.25) is 5.28 Å². The average molecular weight is 266 g/mol. The van der Waals surface area contributed by atoms with E-state index < -0.39 is 0 Å². The van der Waals surface area contributed by atoms with Gasteiger partial charge >= 0.3 is 0 Å². The lowest BCUT2D eigenvalue weighted by Gasteiger charge is -2.18. The third kappa shape index (κ3) is 2.31. The highest BCUT2D eigenvalue weighted by atomic mass is 79.9. The first-order valence-electron chi connectivity index (χ1n) is 3.78. The van der Waals surface area contributed by atoms with Crippen molar-refractivity contribution in [3.8, 4) is 0 Å². The summed E-state index contributed by atoms with van der Waals surface area (Å²) in [6, 6.07) is 0. The van der Waals surface area contributed by atoms with Crippen molar-refractivity contribution in [3.05, 3.63) is 25.8 Å². The summed E-state index contributed by atoms with van der Waals surface area (Å²) in [5.74, 6) is 0. The van der Waals surface area contributed by atoms with Crippen LogP contribution >= 0.6 is 27.5 Å². The molecule has 0 saturated heterocycles. The van der Waals surface area contributed by atoms with E-state index in [0.717, 1.165) is 0 Å². The second kappa shape index (κ2) is 3.42. The Labute approximate surface area is 89.7 Å². The summed E-state index contributed by atoms with van der Waals surface area (Å²) in [7, 11) is 0. The van der Waals surface area contributed by atoms with Crippen molar-refractivity contribution in [2.24, 2.45) is 0 Å². The Morgan fingerprint density at radius 3 is 2.46 bits per heavy atom. The maximum atomic E-state index is 11.3. The molecule has 0 aliphatic heterocycles. The second-order valence-electron chi connectivity index (χ2n) is 3.77. The minimum atomic E-state index is -0.245. The predicted molar refractivity (Wildman–Crippen MR) is 56.3 cm³/mol. The molecule has 0 fully saturated rings. The molecule has 1 N–H and O–H groups in total. The average Bonchev–Trinajstić information content (AvgIpc) is 1.94. The van der Waals surface area contributed by atoms with E-state index in [-0.39, 0.29) is 16.3 Å². The molecule has 0 amide bonds. The summed E-state index contributed by atoms with van der Waals surface area (Å²) < 4.78 is 0.449. The molecule has 1 rings (SSSR count). The highest BCUT2D eigenvalue weighted by Crippen LogP contribution is 2.25. The van der Waals surface area contributed by atoms with Crippen LogP contribution in [0.3, 0.4) is 0 Å². The Kier molecular flexibility index (Phi) is 2.82. The first-order valence-corrected chi connectivity index (χ1v) is 4.95. The number of nitrogens with one attached hydrogen (secondary N) is 1. The van der Waals surface area contributed by atoms with E-state index >= 15 is 0 Å². The van der Waals surface area contributed by atoms with Crippen molar-refractivity contribution in [1.82, 2.24) is 9.97 Å². The van der Waals surface area contributed by atoms with Gasteiger partial charge in [-0.25, -0.2) is 4.98 Å². The first-order chi connectivity index (χ1) is 5.82. The molecule has 1 aromatic heterocycles. The number of halogens is 2. The molecule has 0 saturated carbocycles. The zero-order valence-corrected chi connectivity index (χ0v) is 9.95. The number of aromatic amines is 1. The van der Waals surface area contributed by atoms with Gasteiger partial charge in [-0.2, -0.15) is 0 Å². The number of hydrogen-bond donors (Lipinski definition) is 1. The van der Waals surface area contributed by atoms with Crippen LogP contribution in [-0.2, 0) is 5.41 Å². The van der Waals surface area contributed by atoms with Gasteiger partial charge in [0.05, 0.1) is 5.69 Å². The van der Waals surface area contributed by atoms with Crippen LogP contribution in [0.4, 0.5) is 0 Å². The van der Waals surface area contributed by atoms with Gasteiger partial charge in [0.15, 0.2) is 0 Å². The maximum Gasteiger partial charge on any atom is 0.266 e. The van der Waals surface area contributed by atoms with Crippen molar-refractivity contribution in [3.63, 3.8) is 0 Å². The van der Waals surface area contributed by atoms with Gasteiger partial charge in [-0.3, -0.25) is 9.78 Å². The highest BCUT2D eigenvalue weighted by molar-refractivity contribution is 9.10. The maximum absolute atomic E-state index is 11.3. The lowest BCUT2D eigenvalue weighted by molar-refractivity contribution is 0.561. The van der Waals surface area contributed by atoms with E-state index in [4.69, 9.17) is 11.6 Å². The molecule has 1 heterocycles. The molecule has 0 aliphatic rings. The van der Waals surface area contributed by atoms with E-state index in [1.807, 2.05) is 20.8 Å². The SMILES string of the molecule is CC(C)(C)c1nc(Cl)[nH]c(=O)c1Br. The Bertz CT molecular complexity index is 381. The van der Waals surface area contributed by atoms with Crippen molar-refractivity contribution in [2.75, 3.05) is 0 Å². The van der Waals surface area contributed by atoms with Gasteiger partial charge in [0, 0.05) is 5.41 Å². The van der Waals surface area contributed by atoms with Gasteiger partial charge in [0.25, 0.3) is 5.56 Å². The summed E-state index contributed by atoms with van der Waals surface area (Å²) in [6.45, 7) is 5.90. The number of hydrogen-bond acceptors (Lipinski definition) is 2. The fourth-order valence-electron chi connectivity index (χ4n) is 0.928. The van der Waals surface area contributed by atoms with E-state index in [1.54, 1.807) is 0 Å². The minimum absolute atomic E-state index is 0.123. The van der Waals surface area contributed by atoms with Crippen LogP contribution in [-0.4, -0.2) is 9.97 Å². The van der Waals surface area contributed by atoms with Crippen molar-refractivity contribution < 1.29 is 0 Å². The van der Waals surface area contributed by atoms with Gasteiger partial charge in [-0.15, -0.1) is 0 Å². The van der Waals surface area contributed by atoms with Gasteiger partial charge in [-0.1, -0.05) is 20.8 Å². The largest absolute Gasteiger partial charge is 0.296 e. The van der Waals surface area contributed by atoms with E-state index in [1.165, 1.54) is 0 Å². The van der Waals surface area contributed by atoms with Crippen molar-refractivity contribution in [2.45, 2.75) is 26.2 Å². The zero-order valence-electron chi connectivity index (χ0n) is 7.61. The van der Waals surface area contributed by atoms with Crippen LogP contribution in [0.25, 0.3) is 0 Å². The number of rotatable bonds is 0. The minimum Gasteiger partial charge on any atom is -0.296 e. The van der Waals surface area contributed by atoms with E-state index in [2.05, 4.69) is 25.9 Å². The fourth-order valence-corrected chi connectivity index (χ4v) is 1.88. The molecule has 0 radical (unpaired) electrons. The third-order valence-electron chi connectivity index (χ3n) is 1.54. The Balaban J connectivity index is 3.46. The summed E-state index contributed by atoms with van der Waals surface area (Å²) in [4.78, 5) is 17.8. The topological polar surface area (TPSA) is 45.8 Å². The summed E-state index contributed by atoms with van der Waals surface area (Å²) in [5, 5.41) is 0.123. The van der Waals surface area contributed by atoms with Crippen LogP contribution in [0.15, 0.2) is 9.27 Å². The van der Waals surface area contributed by atoms with Crippen LogP contribution in [0.1, 0.15) is 26.5 Å². The van der Waals surface area contributed by atoms with Crippen LogP contribution in [0.5, 0.6) is 0 Å². The Morgan fingerprint density at radius 1 is 1.46 bits per heavy atom. The van der Waals surface area contributed by atoms with Crippen LogP contribution in [0.2, 0.25) is 5.28 Å².